The number of carbonyl (C=O) groups is 2. The van der Waals surface area contributed by atoms with Gasteiger partial charge in [-0.1, -0.05) is 15.9 Å². The Balaban J connectivity index is 2.75. The highest BCUT2D eigenvalue weighted by molar-refractivity contribution is 9.10. The zero-order chi connectivity index (χ0) is 13.0. The molecule has 0 aliphatic rings. The minimum absolute atomic E-state index is 0.00965. The third kappa shape index (κ3) is 4.19. The third-order valence-electron chi connectivity index (χ3n) is 2.33. The molecular weight excluding hydrogens is 286 g/mol. The van der Waals surface area contributed by atoms with Crippen LogP contribution in [0.25, 0.3) is 0 Å². The quantitative estimate of drug-likeness (QED) is 0.898. The van der Waals surface area contributed by atoms with Crippen molar-refractivity contribution in [3.63, 3.8) is 0 Å². The second kappa shape index (κ2) is 5.82. The molecule has 0 heterocycles. The van der Waals surface area contributed by atoms with E-state index in [1.807, 2.05) is 26.0 Å². The molecule has 17 heavy (non-hydrogen) atoms. The highest BCUT2D eigenvalue weighted by Crippen LogP contribution is 2.25. The number of nitrogens with one attached hydrogen (secondary N) is 1. The van der Waals surface area contributed by atoms with Crippen LogP contribution in [-0.4, -0.2) is 17.0 Å². The number of hydrogen-bond donors (Lipinski definition) is 2. The van der Waals surface area contributed by atoms with E-state index in [4.69, 9.17) is 5.11 Å². The van der Waals surface area contributed by atoms with Gasteiger partial charge in [0.1, 0.15) is 0 Å². The predicted molar refractivity (Wildman–Crippen MR) is 69.1 cm³/mol. The predicted octanol–water partition coefficient (Wildman–Crippen LogP) is 2.87. The Morgan fingerprint density at radius 3 is 2.24 bits per heavy atom. The Kier molecular flexibility index (Phi) is 4.69. The van der Waals surface area contributed by atoms with Gasteiger partial charge in [-0.05, 0) is 37.1 Å². The SMILES string of the molecule is Cc1cc(Br)cc(C)c1NC(=O)CCC(=O)O. The number of aryl methyl sites for hydroxylation is 2. The molecule has 0 saturated heterocycles. The Labute approximate surface area is 108 Å². The molecule has 0 aromatic heterocycles. The lowest BCUT2D eigenvalue weighted by molar-refractivity contribution is -0.138. The van der Waals surface area contributed by atoms with Gasteiger partial charge in [-0.3, -0.25) is 9.59 Å². The molecule has 0 saturated carbocycles. The fraction of sp³-hybridized carbons (Fsp3) is 0.333. The van der Waals surface area contributed by atoms with Gasteiger partial charge in [0.25, 0.3) is 0 Å². The molecule has 0 aliphatic heterocycles. The molecule has 1 aromatic carbocycles. The molecule has 0 bridgehead atoms. The van der Waals surface area contributed by atoms with Crippen LogP contribution in [0.3, 0.4) is 0 Å². The fourth-order valence-corrected chi connectivity index (χ4v) is 2.22. The van der Waals surface area contributed by atoms with Gasteiger partial charge in [0.2, 0.25) is 5.91 Å². The maximum Gasteiger partial charge on any atom is 0.303 e. The van der Waals surface area contributed by atoms with Crippen molar-refractivity contribution in [1.29, 1.82) is 0 Å². The second-order valence-corrected chi connectivity index (χ2v) is 4.77. The van der Waals surface area contributed by atoms with Crippen LogP contribution >= 0.6 is 15.9 Å². The number of hydrogen-bond acceptors (Lipinski definition) is 2. The van der Waals surface area contributed by atoms with Gasteiger partial charge in [0.15, 0.2) is 0 Å². The third-order valence-corrected chi connectivity index (χ3v) is 2.79. The molecule has 92 valence electrons. The number of halogens is 1. The van der Waals surface area contributed by atoms with E-state index in [-0.39, 0.29) is 18.7 Å². The molecule has 0 fully saturated rings. The first-order valence-electron chi connectivity index (χ1n) is 5.18. The minimum Gasteiger partial charge on any atom is -0.481 e. The fourth-order valence-electron chi connectivity index (χ4n) is 1.53. The number of amides is 1. The first-order chi connectivity index (χ1) is 7.90. The topological polar surface area (TPSA) is 66.4 Å². The summed E-state index contributed by atoms with van der Waals surface area (Å²) in [5.74, 6) is -1.25. The van der Waals surface area contributed by atoms with E-state index >= 15 is 0 Å². The van der Waals surface area contributed by atoms with Crippen molar-refractivity contribution in [3.8, 4) is 0 Å². The number of carbonyl (C=O) groups excluding carboxylic acids is 1. The zero-order valence-corrected chi connectivity index (χ0v) is 11.3. The maximum atomic E-state index is 11.5. The van der Waals surface area contributed by atoms with Crippen molar-refractivity contribution in [2.45, 2.75) is 26.7 Å². The summed E-state index contributed by atoms with van der Waals surface area (Å²) >= 11 is 3.37. The van der Waals surface area contributed by atoms with Gasteiger partial charge in [0.05, 0.1) is 6.42 Å². The molecule has 0 atom stereocenters. The Hall–Kier alpha value is -1.36. The van der Waals surface area contributed by atoms with Crippen LogP contribution in [0.5, 0.6) is 0 Å². The highest BCUT2D eigenvalue weighted by Gasteiger charge is 2.09. The lowest BCUT2D eigenvalue weighted by Gasteiger charge is -2.11. The van der Waals surface area contributed by atoms with E-state index in [1.54, 1.807) is 0 Å². The van der Waals surface area contributed by atoms with E-state index < -0.39 is 5.97 Å². The normalized spacial score (nSPS) is 10.1. The van der Waals surface area contributed by atoms with Crippen LogP contribution in [0.15, 0.2) is 16.6 Å². The van der Waals surface area contributed by atoms with E-state index in [0.29, 0.717) is 0 Å². The summed E-state index contributed by atoms with van der Waals surface area (Å²) in [6.07, 6.45) is -0.162. The number of aliphatic carboxylic acids is 1. The average molecular weight is 300 g/mol. The molecule has 0 aliphatic carbocycles. The molecule has 0 spiro atoms. The molecule has 4 nitrogen and oxygen atoms in total. The van der Waals surface area contributed by atoms with E-state index in [1.165, 1.54) is 0 Å². The van der Waals surface area contributed by atoms with Crippen LogP contribution in [0.2, 0.25) is 0 Å². The van der Waals surface area contributed by atoms with E-state index in [0.717, 1.165) is 21.3 Å². The molecule has 1 aromatic rings. The Bertz CT molecular complexity index is 434. The van der Waals surface area contributed by atoms with Crippen LogP contribution in [-0.2, 0) is 9.59 Å². The smallest absolute Gasteiger partial charge is 0.303 e. The number of benzene rings is 1. The minimum atomic E-state index is -0.968. The summed E-state index contributed by atoms with van der Waals surface area (Å²) in [4.78, 5) is 21.9. The van der Waals surface area contributed by atoms with Crippen molar-refractivity contribution in [2.75, 3.05) is 5.32 Å². The standard InChI is InChI=1S/C12H14BrNO3/c1-7-5-9(13)6-8(2)12(7)14-10(15)3-4-11(16)17/h5-6H,3-4H2,1-2H3,(H,14,15)(H,16,17). The maximum absolute atomic E-state index is 11.5. The van der Waals surface area contributed by atoms with Crippen LogP contribution in [0.4, 0.5) is 5.69 Å². The first-order valence-corrected chi connectivity index (χ1v) is 5.98. The van der Waals surface area contributed by atoms with Crippen molar-refractivity contribution < 1.29 is 14.7 Å². The van der Waals surface area contributed by atoms with Crippen LogP contribution < -0.4 is 5.32 Å². The molecule has 5 heteroatoms. The molecule has 0 radical (unpaired) electrons. The van der Waals surface area contributed by atoms with Gasteiger partial charge in [0, 0.05) is 16.6 Å². The number of anilines is 1. The summed E-state index contributed by atoms with van der Waals surface area (Å²) in [7, 11) is 0. The van der Waals surface area contributed by atoms with Gasteiger partial charge in [-0.2, -0.15) is 0 Å². The largest absolute Gasteiger partial charge is 0.481 e. The van der Waals surface area contributed by atoms with Crippen LogP contribution in [0, 0.1) is 13.8 Å². The lowest BCUT2D eigenvalue weighted by Crippen LogP contribution is -2.14. The number of rotatable bonds is 4. The van der Waals surface area contributed by atoms with Crippen molar-refractivity contribution in [1.82, 2.24) is 0 Å². The van der Waals surface area contributed by atoms with Gasteiger partial charge >= 0.3 is 5.97 Å². The molecule has 1 amide bonds. The molecule has 2 N–H and O–H groups in total. The zero-order valence-electron chi connectivity index (χ0n) is 9.71. The summed E-state index contributed by atoms with van der Waals surface area (Å²) in [6.45, 7) is 3.79. The van der Waals surface area contributed by atoms with Gasteiger partial charge in [-0.15, -0.1) is 0 Å². The second-order valence-electron chi connectivity index (χ2n) is 3.86. The highest BCUT2D eigenvalue weighted by atomic mass is 79.9. The van der Waals surface area contributed by atoms with Gasteiger partial charge in [-0.25, -0.2) is 0 Å². The summed E-state index contributed by atoms with van der Waals surface area (Å²) in [5, 5.41) is 11.2. The van der Waals surface area contributed by atoms with Crippen LogP contribution in [0.1, 0.15) is 24.0 Å². The van der Waals surface area contributed by atoms with Gasteiger partial charge < -0.3 is 10.4 Å². The summed E-state index contributed by atoms with van der Waals surface area (Å²) < 4.78 is 0.955. The first kappa shape index (κ1) is 13.7. The average Bonchev–Trinajstić information content (AvgIpc) is 2.20. The molecule has 1 rings (SSSR count). The molecule has 0 unspecified atom stereocenters. The van der Waals surface area contributed by atoms with Crippen molar-refractivity contribution >= 4 is 33.5 Å². The van der Waals surface area contributed by atoms with E-state index in [2.05, 4.69) is 21.2 Å². The number of carboxylic acids is 1. The van der Waals surface area contributed by atoms with E-state index in [9.17, 15) is 9.59 Å². The number of carboxylic acid groups (broad SMARTS) is 1. The Morgan fingerprint density at radius 2 is 1.76 bits per heavy atom. The van der Waals surface area contributed by atoms with Crippen molar-refractivity contribution in [2.24, 2.45) is 0 Å². The summed E-state index contributed by atoms with van der Waals surface area (Å²) in [6, 6.07) is 3.81. The molecular formula is C12H14BrNO3. The monoisotopic (exact) mass is 299 g/mol. The Morgan fingerprint density at radius 1 is 1.24 bits per heavy atom. The lowest BCUT2D eigenvalue weighted by atomic mass is 10.1. The van der Waals surface area contributed by atoms with Crippen molar-refractivity contribution in [3.05, 3.63) is 27.7 Å². The summed E-state index contributed by atoms with van der Waals surface area (Å²) in [5.41, 5.74) is 2.64.